The predicted octanol–water partition coefficient (Wildman–Crippen LogP) is 4.51. The van der Waals surface area contributed by atoms with Crippen LogP contribution in [0.3, 0.4) is 0 Å². The van der Waals surface area contributed by atoms with Crippen LogP contribution in [0, 0.1) is 0 Å². The third-order valence-corrected chi connectivity index (χ3v) is 8.67. The molecule has 2 unspecified atom stereocenters. The number of aliphatic hydroxyl groups excluding tert-OH is 1. The smallest absolute Gasteiger partial charge is 0.240 e. The molecule has 0 spiro atoms. The molecular formula is C30H46N4O2. The van der Waals surface area contributed by atoms with Crippen molar-refractivity contribution in [2.75, 3.05) is 19.6 Å². The highest BCUT2D eigenvalue weighted by molar-refractivity contribution is 5.88. The van der Waals surface area contributed by atoms with Crippen LogP contribution in [0.5, 0.6) is 0 Å². The van der Waals surface area contributed by atoms with Crippen LogP contribution >= 0.6 is 0 Å². The lowest BCUT2D eigenvalue weighted by atomic mass is 9.63. The van der Waals surface area contributed by atoms with Crippen LogP contribution in [-0.4, -0.2) is 59.6 Å². The van der Waals surface area contributed by atoms with Gasteiger partial charge in [0.1, 0.15) is 11.9 Å². The lowest BCUT2D eigenvalue weighted by molar-refractivity contribution is -0.125. The fourth-order valence-electron chi connectivity index (χ4n) is 6.09. The summed E-state index contributed by atoms with van der Waals surface area (Å²) in [5.41, 5.74) is 5.55. The third kappa shape index (κ3) is 5.55. The average molecular weight is 495 g/mol. The second-order valence-electron chi connectivity index (χ2n) is 12.1. The van der Waals surface area contributed by atoms with Crippen LogP contribution in [0.1, 0.15) is 96.8 Å². The summed E-state index contributed by atoms with van der Waals surface area (Å²) in [4.78, 5) is 20.1. The second-order valence-corrected chi connectivity index (χ2v) is 12.1. The number of benzene rings is 1. The Labute approximate surface area is 217 Å². The first kappa shape index (κ1) is 26.9. The van der Waals surface area contributed by atoms with Crippen LogP contribution in [0.2, 0.25) is 0 Å². The number of hydrogen-bond donors (Lipinski definition) is 3. The minimum Gasteiger partial charge on any atom is -0.391 e. The van der Waals surface area contributed by atoms with E-state index < -0.39 is 12.1 Å². The zero-order valence-electron chi connectivity index (χ0n) is 23.2. The molecule has 198 valence electrons. The fourth-order valence-corrected chi connectivity index (χ4v) is 6.09. The summed E-state index contributed by atoms with van der Waals surface area (Å²) in [5, 5.41) is 16.3. The zero-order valence-corrected chi connectivity index (χ0v) is 23.2. The Morgan fingerprint density at radius 1 is 1.14 bits per heavy atom. The molecule has 1 amide bonds. The summed E-state index contributed by atoms with van der Waals surface area (Å²) in [5.74, 6) is 1.04. The maximum Gasteiger partial charge on any atom is 0.240 e. The first-order chi connectivity index (χ1) is 17.1. The van der Waals surface area contributed by atoms with Gasteiger partial charge in [-0.3, -0.25) is 4.79 Å². The van der Waals surface area contributed by atoms with Crippen molar-refractivity contribution in [1.82, 2.24) is 15.5 Å². The number of nitrogens with one attached hydrogen (secondary N) is 2. The molecule has 4 rings (SSSR count). The Morgan fingerprint density at radius 2 is 1.81 bits per heavy atom. The van der Waals surface area contributed by atoms with E-state index in [0.29, 0.717) is 13.0 Å². The van der Waals surface area contributed by atoms with E-state index >= 15 is 0 Å². The Balaban J connectivity index is 1.45. The second kappa shape index (κ2) is 10.7. The lowest BCUT2D eigenvalue weighted by Gasteiger charge is -2.42. The van der Waals surface area contributed by atoms with Crippen molar-refractivity contribution in [3.05, 3.63) is 41.0 Å². The van der Waals surface area contributed by atoms with Gasteiger partial charge in [-0.2, -0.15) is 0 Å². The van der Waals surface area contributed by atoms with Gasteiger partial charge in [0, 0.05) is 31.1 Å². The zero-order chi connectivity index (χ0) is 26.1. The van der Waals surface area contributed by atoms with Gasteiger partial charge in [0.15, 0.2) is 0 Å². The standard InChI is InChI=1S/C30H46N4O2/c1-7-24(20-9-10-22-23(19-20)30(5,6)15-14-29(22,3)4)33-26(8-2)34-17-12-21(13-18-34)32-28(36)27-25(35)11-16-31-27/h7,9-10,19,21,25,27,31,35H,8,11-18H2,1-6H3,(H,32,36)/b24-7-,33-26?. The summed E-state index contributed by atoms with van der Waals surface area (Å²) in [6, 6.07) is 6.64. The molecule has 3 aliphatic rings. The van der Waals surface area contributed by atoms with Crippen molar-refractivity contribution in [3.63, 3.8) is 0 Å². The largest absolute Gasteiger partial charge is 0.391 e. The van der Waals surface area contributed by atoms with Crippen molar-refractivity contribution in [1.29, 1.82) is 0 Å². The molecule has 1 aliphatic carbocycles. The van der Waals surface area contributed by atoms with E-state index in [4.69, 9.17) is 4.99 Å². The number of fused-ring (bicyclic) bond motifs is 1. The summed E-state index contributed by atoms with van der Waals surface area (Å²) >= 11 is 0. The van der Waals surface area contributed by atoms with Gasteiger partial charge >= 0.3 is 0 Å². The first-order valence-corrected chi connectivity index (χ1v) is 13.9. The molecule has 6 nitrogen and oxygen atoms in total. The molecule has 0 radical (unpaired) electrons. The summed E-state index contributed by atoms with van der Waals surface area (Å²) in [7, 11) is 0. The van der Waals surface area contributed by atoms with Crippen molar-refractivity contribution >= 4 is 17.4 Å². The van der Waals surface area contributed by atoms with Gasteiger partial charge in [-0.05, 0) is 73.6 Å². The average Bonchev–Trinajstić information content (AvgIpc) is 3.29. The van der Waals surface area contributed by atoms with Crippen molar-refractivity contribution in [2.24, 2.45) is 4.99 Å². The van der Waals surface area contributed by atoms with Crippen molar-refractivity contribution in [3.8, 4) is 0 Å². The monoisotopic (exact) mass is 494 g/mol. The Kier molecular flexibility index (Phi) is 7.96. The molecule has 2 aliphatic heterocycles. The van der Waals surface area contributed by atoms with E-state index in [1.165, 1.54) is 29.5 Å². The maximum atomic E-state index is 12.5. The van der Waals surface area contributed by atoms with Crippen LogP contribution in [0.15, 0.2) is 29.3 Å². The molecule has 2 atom stereocenters. The van der Waals surface area contributed by atoms with E-state index in [2.05, 4.69) is 81.4 Å². The number of rotatable bonds is 5. The number of nitrogens with zero attached hydrogens (tertiary/aromatic N) is 2. The van der Waals surface area contributed by atoms with E-state index in [9.17, 15) is 9.90 Å². The quantitative estimate of drug-likeness (QED) is 0.416. The van der Waals surface area contributed by atoms with Gasteiger partial charge in [-0.1, -0.05) is 52.8 Å². The van der Waals surface area contributed by atoms with Gasteiger partial charge in [0.2, 0.25) is 5.91 Å². The molecule has 0 aromatic heterocycles. The van der Waals surface area contributed by atoms with Crippen LogP contribution in [-0.2, 0) is 15.6 Å². The van der Waals surface area contributed by atoms with Gasteiger partial charge in [0.05, 0.1) is 11.8 Å². The molecular weight excluding hydrogens is 448 g/mol. The van der Waals surface area contributed by atoms with Crippen molar-refractivity contribution in [2.45, 2.75) is 109 Å². The Bertz CT molecular complexity index is 1020. The van der Waals surface area contributed by atoms with E-state index in [-0.39, 0.29) is 22.8 Å². The number of piperidine rings is 1. The SMILES string of the molecule is C/C=C(\N=C(CC)N1CCC(NC(=O)C2NCCC2O)CC1)c1ccc2c(c1)C(C)(C)CCC2(C)C. The minimum atomic E-state index is -0.580. The maximum absolute atomic E-state index is 12.5. The van der Waals surface area contributed by atoms with E-state index in [1.807, 2.05) is 0 Å². The molecule has 2 heterocycles. The fraction of sp³-hybridized carbons (Fsp3) is 0.667. The van der Waals surface area contributed by atoms with Gasteiger partial charge in [-0.25, -0.2) is 4.99 Å². The number of amidine groups is 1. The Morgan fingerprint density at radius 3 is 2.39 bits per heavy atom. The summed E-state index contributed by atoms with van der Waals surface area (Å²) in [6.07, 6.45) is 7.26. The Hall–Kier alpha value is -2.18. The van der Waals surface area contributed by atoms with Gasteiger partial charge in [0.25, 0.3) is 0 Å². The first-order valence-electron chi connectivity index (χ1n) is 13.9. The highest BCUT2D eigenvalue weighted by Crippen LogP contribution is 2.46. The number of hydrogen-bond acceptors (Lipinski definition) is 4. The normalized spacial score (nSPS) is 26.6. The summed E-state index contributed by atoms with van der Waals surface area (Å²) < 4.78 is 0. The molecule has 0 saturated carbocycles. The third-order valence-electron chi connectivity index (χ3n) is 8.67. The number of carbonyl (C=O) groups is 1. The molecule has 2 fully saturated rings. The number of likely N-dealkylation sites (tertiary alicyclic amines) is 1. The van der Waals surface area contributed by atoms with Crippen LogP contribution in [0.25, 0.3) is 5.70 Å². The highest BCUT2D eigenvalue weighted by Gasteiger charge is 2.37. The van der Waals surface area contributed by atoms with Crippen LogP contribution in [0.4, 0.5) is 0 Å². The highest BCUT2D eigenvalue weighted by atomic mass is 16.3. The number of amides is 1. The molecule has 1 aromatic rings. The van der Waals surface area contributed by atoms with Gasteiger partial charge < -0.3 is 20.6 Å². The minimum absolute atomic E-state index is 0.0717. The molecule has 36 heavy (non-hydrogen) atoms. The number of allylic oxidation sites excluding steroid dienone is 1. The topological polar surface area (TPSA) is 77.0 Å². The molecule has 6 heteroatoms. The van der Waals surface area contributed by atoms with E-state index in [0.717, 1.165) is 43.9 Å². The van der Waals surface area contributed by atoms with Crippen LogP contribution < -0.4 is 10.6 Å². The number of aliphatic hydroxyl groups is 1. The van der Waals surface area contributed by atoms with Gasteiger partial charge in [-0.15, -0.1) is 0 Å². The van der Waals surface area contributed by atoms with Crippen molar-refractivity contribution < 1.29 is 9.90 Å². The molecule has 1 aromatic carbocycles. The van der Waals surface area contributed by atoms with E-state index in [1.54, 1.807) is 0 Å². The molecule has 2 saturated heterocycles. The molecule has 3 N–H and O–H groups in total. The predicted molar refractivity (Wildman–Crippen MR) is 148 cm³/mol. The number of aliphatic imine (C=N–C) groups is 1. The number of carbonyl (C=O) groups excluding carboxylic acids is 1. The summed E-state index contributed by atoms with van der Waals surface area (Å²) in [6.45, 7) is 16.2. The molecule has 0 bridgehead atoms. The lowest BCUT2D eigenvalue weighted by Crippen LogP contribution is -2.52.